The standard InChI is InChI=1S/C19H27N3O4S/c23-18(21-16-5-2-1-3-6-16)11-12-20-19(24)15-7-9-17(10-8-15)22-13-4-14-27(22,25)26/h7-10,16H,1-6,11-14H2,(H,20,24)(H,21,23). The first kappa shape index (κ1) is 19.7. The van der Waals surface area contributed by atoms with Crippen molar-refractivity contribution in [1.29, 1.82) is 0 Å². The lowest BCUT2D eigenvalue weighted by Crippen LogP contribution is -2.38. The van der Waals surface area contributed by atoms with Crippen molar-refractivity contribution < 1.29 is 18.0 Å². The molecule has 0 aromatic heterocycles. The van der Waals surface area contributed by atoms with Crippen LogP contribution in [0.4, 0.5) is 5.69 Å². The van der Waals surface area contributed by atoms with Gasteiger partial charge >= 0.3 is 0 Å². The average molecular weight is 394 g/mol. The Morgan fingerprint density at radius 3 is 2.37 bits per heavy atom. The molecule has 1 saturated carbocycles. The minimum Gasteiger partial charge on any atom is -0.353 e. The van der Waals surface area contributed by atoms with Gasteiger partial charge in [-0.05, 0) is 43.5 Å². The molecule has 0 radical (unpaired) electrons. The van der Waals surface area contributed by atoms with E-state index in [0.29, 0.717) is 24.2 Å². The fourth-order valence-electron chi connectivity index (χ4n) is 3.65. The second-order valence-electron chi connectivity index (χ2n) is 7.20. The van der Waals surface area contributed by atoms with Crippen molar-refractivity contribution >= 4 is 27.5 Å². The predicted octanol–water partition coefficient (Wildman–Crippen LogP) is 1.80. The van der Waals surface area contributed by atoms with Gasteiger partial charge in [0, 0.05) is 31.1 Å². The van der Waals surface area contributed by atoms with Crippen LogP contribution in [0.5, 0.6) is 0 Å². The van der Waals surface area contributed by atoms with E-state index in [1.54, 1.807) is 24.3 Å². The molecule has 1 saturated heterocycles. The molecule has 0 bridgehead atoms. The van der Waals surface area contributed by atoms with Crippen LogP contribution in [-0.2, 0) is 14.8 Å². The number of carbonyl (C=O) groups excluding carboxylic acids is 2. The third-order valence-corrected chi connectivity index (χ3v) is 6.99. The largest absolute Gasteiger partial charge is 0.353 e. The lowest BCUT2D eigenvalue weighted by Gasteiger charge is -2.22. The van der Waals surface area contributed by atoms with Crippen LogP contribution in [0.1, 0.15) is 55.3 Å². The number of hydrogen-bond acceptors (Lipinski definition) is 4. The molecule has 148 valence electrons. The van der Waals surface area contributed by atoms with Gasteiger partial charge in [0.1, 0.15) is 0 Å². The Morgan fingerprint density at radius 2 is 1.74 bits per heavy atom. The van der Waals surface area contributed by atoms with E-state index in [9.17, 15) is 18.0 Å². The Labute approximate surface area is 160 Å². The van der Waals surface area contributed by atoms with E-state index in [2.05, 4.69) is 10.6 Å². The van der Waals surface area contributed by atoms with Crippen LogP contribution < -0.4 is 14.9 Å². The molecule has 8 heteroatoms. The number of rotatable bonds is 6. The summed E-state index contributed by atoms with van der Waals surface area (Å²) in [7, 11) is -3.22. The van der Waals surface area contributed by atoms with Gasteiger partial charge in [-0.3, -0.25) is 13.9 Å². The lowest BCUT2D eigenvalue weighted by molar-refractivity contribution is -0.121. The SMILES string of the molecule is O=C(CCNC(=O)c1ccc(N2CCCS2(=O)=O)cc1)NC1CCCCC1. The molecule has 7 nitrogen and oxygen atoms in total. The van der Waals surface area contributed by atoms with Gasteiger partial charge < -0.3 is 10.6 Å². The van der Waals surface area contributed by atoms with E-state index in [0.717, 1.165) is 25.7 Å². The van der Waals surface area contributed by atoms with Gasteiger partial charge in [0.25, 0.3) is 5.91 Å². The van der Waals surface area contributed by atoms with Gasteiger partial charge in [0.2, 0.25) is 15.9 Å². The summed E-state index contributed by atoms with van der Waals surface area (Å²) in [6.07, 6.45) is 6.52. The molecule has 1 aromatic rings. The summed E-state index contributed by atoms with van der Waals surface area (Å²) in [6.45, 7) is 0.754. The zero-order valence-electron chi connectivity index (χ0n) is 15.4. The van der Waals surface area contributed by atoms with Crippen molar-refractivity contribution in [3.05, 3.63) is 29.8 Å². The van der Waals surface area contributed by atoms with Crippen LogP contribution in [0.3, 0.4) is 0 Å². The second kappa shape index (κ2) is 8.73. The zero-order chi connectivity index (χ0) is 19.3. The fraction of sp³-hybridized carbons (Fsp3) is 0.579. The lowest BCUT2D eigenvalue weighted by atomic mass is 9.95. The average Bonchev–Trinajstić information content (AvgIpc) is 3.01. The van der Waals surface area contributed by atoms with Crippen molar-refractivity contribution in [3.63, 3.8) is 0 Å². The molecular weight excluding hydrogens is 366 g/mol. The molecule has 2 amide bonds. The summed E-state index contributed by atoms with van der Waals surface area (Å²) in [5.41, 5.74) is 1.03. The number of nitrogens with one attached hydrogen (secondary N) is 2. The topological polar surface area (TPSA) is 95.6 Å². The number of amides is 2. The number of nitrogens with zero attached hydrogens (tertiary/aromatic N) is 1. The van der Waals surface area contributed by atoms with Gasteiger partial charge in [0.05, 0.1) is 11.4 Å². The van der Waals surface area contributed by atoms with Gasteiger partial charge in [-0.2, -0.15) is 0 Å². The monoisotopic (exact) mass is 393 g/mol. The highest BCUT2D eigenvalue weighted by atomic mass is 32.2. The minimum absolute atomic E-state index is 0.0308. The summed E-state index contributed by atoms with van der Waals surface area (Å²) < 4.78 is 25.3. The van der Waals surface area contributed by atoms with Crippen molar-refractivity contribution in [1.82, 2.24) is 10.6 Å². The summed E-state index contributed by atoms with van der Waals surface area (Å²) in [6, 6.07) is 6.79. The smallest absolute Gasteiger partial charge is 0.251 e. The predicted molar refractivity (Wildman–Crippen MR) is 104 cm³/mol. The van der Waals surface area contributed by atoms with Crippen molar-refractivity contribution in [2.24, 2.45) is 0 Å². The number of anilines is 1. The normalized spacial score (nSPS) is 19.6. The number of sulfonamides is 1. The van der Waals surface area contributed by atoms with Crippen LogP contribution in [0, 0.1) is 0 Å². The maximum atomic E-state index is 12.2. The molecule has 0 atom stereocenters. The molecule has 2 N–H and O–H groups in total. The second-order valence-corrected chi connectivity index (χ2v) is 9.21. The maximum absolute atomic E-state index is 12.2. The highest BCUT2D eigenvalue weighted by Crippen LogP contribution is 2.24. The van der Waals surface area contributed by atoms with Crippen LogP contribution in [0.25, 0.3) is 0 Å². The molecule has 3 rings (SSSR count). The van der Waals surface area contributed by atoms with Gasteiger partial charge in [-0.25, -0.2) is 8.42 Å². The van der Waals surface area contributed by atoms with Gasteiger partial charge in [-0.1, -0.05) is 19.3 Å². The quantitative estimate of drug-likeness (QED) is 0.770. The van der Waals surface area contributed by atoms with Crippen molar-refractivity contribution in [2.45, 2.75) is 51.0 Å². The summed E-state index contributed by atoms with van der Waals surface area (Å²) in [5, 5.41) is 5.77. The molecule has 27 heavy (non-hydrogen) atoms. The van der Waals surface area contributed by atoms with E-state index in [-0.39, 0.29) is 36.6 Å². The summed E-state index contributed by atoms with van der Waals surface area (Å²) >= 11 is 0. The first-order chi connectivity index (χ1) is 13.0. The third-order valence-electron chi connectivity index (χ3n) is 5.12. The molecule has 1 aliphatic carbocycles. The molecule has 0 unspecified atom stereocenters. The summed E-state index contributed by atoms with van der Waals surface area (Å²) in [5.74, 6) is -0.133. The number of carbonyl (C=O) groups is 2. The van der Waals surface area contributed by atoms with Gasteiger partial charge in [0.15, 0.2) is 0 Å². The van der Waals surface area contributed by atoms with Crippen molar-refractivity contribution in [2.75, 3.05) is 23.1 Å². The van der Waals surface area contributed by atoms with Gasteiger partial charge in [-0.15, -0.1) is 0 Å². The number of benzene rings is 1. The van der Waals surface area contributed by atoms with E-state index in [1.807, 2.05) is 0 Å². The molecular formula is C19H27N3O4S. The van der Waals surface area contributed by atoms with E-state index >= 15 is 0 Å². The molecule has 1 aromatic carbocycles. The molecule has 0 spiro atoms. The highest BCUT2D eigenvalue weighted by molar-refractivity contribution is 7.93. The Morgan fingerprint density at radius 1 is 1.04 bits per heavy atom. The Bertz CT molecular complexity index is 771. The molecule has 2 aliphatic rings. The third kappa shape index (κ3) is 5.22. The highest BCUT2D eigenvalue weighted by Gasteiger charge is 2.28. The molecule has 2 fully saturated rings. The Balaban J connectivity index is 1.45. The van der Waals surface area contributed by atoms with E-state index in [4.69, 9.17) is 0 Å². The first-order valence-electron chi connectivity index (χ1n) is 9.64. The Hall–Kier alpha value is -2.09. The van der Waals surface area contributed by atoms with Crippen LogP contribution in [0.15, 0.2) is 24.3 Å². The van der Waals surface area contributed by atoms with Crippen LogP contribution >= 0.6 is 0 Å². The first-order valence-corrected chi connectivity index (χ1v) is 11.2. The minimum atomic E-state index is -3.22. The maximum Gasteiger partial charge on any atom is 0.251 e. The fourth-order valence-corrected chi connectivity index (χ4v) is 5.21. The molecule has 1 aliphatic heterocycles. The van der Waals surface area contributed by atoms with Crippen LogP contribution in [0.2, 0.25) is 0 Å². The number of hydrogen-bond donors (Lipinski definition) is 2. The van der Waals surface area contributed by atoms with Crippen molar-refractivity contribution in [3.8, 4) is 0 Å². The zero-order valence-corrected chi connectivity index (χ0v) is 16.3. The Kier molecular flexibility index (Phi) is 6.36. The van der Waals surface area contributed by atoms with E-state index < -0.39 is 10.0 Å². The summed E-state index contributed by atoms with van der Waals surface area (Å²) in [4.78, 5) is 24.2. The van der Waals surface area contributed by atoms with E-state index in [1.165, 1.54) is 10.7 Å². The molecule has 1 heterocycles. The van der Waals surface area contributed by atoms with Crippen LogP contribution in [-0.4, -0.2) is 45.1 Å².